The van der Waals surface area contributed by atoms with Gasteiger partial charge in [0.25, 0.3) is 0 Å². The second kappa shape index (κ2) is 8.60. The highest BCUT2D eigenvalue weighted by Gasteiger charge is 2.44. The number of carbonyl (C=O) groups excluding carboxylic acids is 1. The molecular weight excluding hydrogens is 413 g/mol. The van der Waals surface area contributed by atoms with Crippen LogP contribution in [0, 0.1) is 5.92 Å². The quantitative estimate of drug-likeness (QED) is 0.694. The number of piperidine rings is 1. The maximum absolute atomic E-state index is 12.7. The van der Waals surface area contributed by atoms with E-state index in [2.05, 4.69) is 10.2 Å². The standard InChI is InChI=1S/C23H24ClF3N2O/c24-18-7-1-15(2-8-18)14-29-11-9-19(10-12-29)28-22(30)21-13-20(21)16-3-5-17(6-4-16)23(25,26)27/h1-8,19-21H,9-14H2,(H,28,30). The molecule has 3 nitrogen and oxygen atoms in total. The Morgan fingerprint density at radius 1 is 1.03 bits per heavy atom. The molecule has 2 atom stereocenters. The van der Waals surface area contributed by atoms with Crippen LogP contribution < -0.4 is 5.32 Å². The van der Waals surface area contributed by atoms with Gasteiger partial charge in [-0.25, -0.2) is 0 Å². The number of nitrogens with zero attached hydrogens (tertiary/aromatic N) is 1. The molecule has 4 rings (SSSR count). The van der Waals surface area contributed by atoms with Crippen LogP contribution in [0.25, 0.3) is 0 Å². The maximum atomic E-state index is 12.7. The number of halogens is 4. The van der Waals surface area contributed by atoms with Crippen molar-refractivity contribution in [2.24, 2.45) is 5.92 Å². The number of hydrogen-bond acceptors (Lipinski definition) is 2. The van der Waals surface area contributed by atoms with Gasteiger partial charge in [0, 0.05) is 36.6 Å². The van der Waals surface area contributed by atoms with E-state index in [9.17, 15) is 18.0 Å². The summed E-state index contributed by atoms with van der Waals surface area (Å²) in [5, 5.41) is 3.88. The first-order valence-corrected chi connectivity index (χ1v) is 10.6. The summed E-state index contributed by atoms with van der Waals surface area (Å²) < 4.78 is 38.1. The topological polar surface area (TPSA) is 32.3 Å². The number of rotatable bonds is 5. The smallest absolute Gasteiger partial charge is 0.353 e. The Balaban J connectivity index is 1.22. The lowest BCUT2D eigenvalue weighted by molar-refractivity contribution is -0.137. The third kappa shape index (κ3) is 5.16. The summed E-state index contributed by atoms with van der Waals surface area (Å²) >= 11 is 5.93. The molecule has 2 aromatic rings. The highest BCUT2D eigenvalue weighted by molar-refractivity contribution is 6.30. The van der Waals surface area contributed by atoms with Gasteiger partial charge in [0.2, 0.25) is 5.91 Å². The monoisotopic (exact) mass is 436 g/mol. The molecule has 0 aromatic heterocycles. The fourth-order valence-corrected chi connectivity index (χ4v) is 4.29. The van der Waals surface area contributed by atoms with Crippen molar-refractivity contribution < 1.29 is 18.0 Å². The number of hydrogen-bond donors (Lipinski definition) is 1. The van der Waals surface area contributed by atoms with E-state index in [1.54, 1.807) is 0 Å². The van der Waals surface area contributed by atoms with Gasteiger partial charge >= 0.3 is 6.18 Å². The Morgan fingerprint density at radius 3 is 2.27 bits per heavy atom. The fraction of sp³-hybridized carbons (Fsp3) is 0.435. The summed E-state index contributed by atoms with van der Waals surface area (Å²) in [5.41, 5.74) is 1.37. The molecule has 30 heavy (non-hydrogen) atoms. The van der Waals surface area contributed by atoms with E-state index in [1.807, 2.05) is 24.3 Å². The van der Waals surface area contributed by atoms with Crippen LogP contribution in [0.2, 0.25) is 5.02 Å². The molecule has 1 aliphatic carbocycles. The summed E-state index contributed by atoms with van der Waals surface area (Å²) in [6.45, 7) is 2.71. The van der Waals surface area contributed by atoms with Crippen LogP contribution in [0.15, 0.2) is 48.5 Å². The van der Waals surface area contributed by atoms with Crippen molar-refractivity contribution in [1.29, 1.82) is 0 Å². The van der Waals surface area contributed by atoms with Gasteiger partial charge in [-0.1, -0.05) is 35.9 Å². The molecule has 1 N–H and O–H groups in total. The average molecular weight is 437 g/mol. The Hall–Kier alpha value is -2.05. The minimum Gasteiger partial charge on any atom is -0.353 e. The van der Waals surface area contributed by atoms with Gasteiger partial charge in [-0.2, -0.15) is 13.2 Å². The number of likely N-dealkylation sites (tertiary alicyclic amines) is 1. The minimum absolute atomic E-state index is 0.0241. The van der Waals surface area contributed by atoms with Crippen LogP contribution >= 0.6 is 11.6 Å². The lowest BCUT2D eigenvalue weighted by atomic mass is 10.0. The third-order valence-electron chi connectivity index (χ3n) is 6.05. The molecule has 1 amide bonds. The van der Waals surface area contributed by atoms with Gasteiger partial charge in [0.1, 0.15) is 0 Å². The van der Waals surface area contributed by atoms with Crippen LogP contribution in [-0.4, -0.2) is 29.9 Å². The van der Waals surface area contributed by atoms with E-state index in [0.29, 0.717) is 6.42 Å². The summed E-state index contributed by atoms with van der Waals surface area (Å²) in [5.74, 6) is -0.0813. The van der Waals surface area contributed by atoms with Gasteiger partial charge in [-0.15, -0.1) is 0 Å². The fourth-order valence-electron chi connectivity index (χ4n) is 4.16. The van der Waals surface area contributed by atoms with Crippen LogP contribution in [0.1, 0.15) is 41.9 Å². The Bertz CT molecular complexity index is 875. The maximum Gasteiger partial charge on any atom is 0.416 e. The number of amides is 1. The minimum atomic E-state index is -4.33. The van der Waals surface area contributed by atoms with Crippen LogP contribution in [0.5, 0.6) is 0 Å². The predicted octanol–water partition coefficient (Wildman–Crippen LogP) is 5.24. The van der Waals surface area contributed by atoms with Crippen LogP contribution in [0.3, 0.4) is 0 Å². The predicted molar refractivity (Wildman–Crippen MR) is 110 cm³/mol. The molecule has 2 aromatic carbocycles. The lowest BCUT2D eigenvalue weighted by Gasteiger charge is -2.32. The van der Waals surface area contributed by atoms with E-state index in [1.165, 1.54) is 17.7 Å². The van der Waals surface area contributed by atoms with Crippen molar-refractivity contribution in [3.63, 3.8) is 0 Å². The first-order valence-electron chi connectivity index (χ1n) is 10.2. The number of nitrogens with one attached hydrogen (secondary N) is 1. The highest BCUT2D eigenvalue weighted by atomic mass is 35.5. The highest BCUT2D eigenvalue weighted by Crippen LogP contribution is 2.48. The molecular formula is C23H24ClF3N2O. The zero-order valence-corrected chi connectivity index (χ0v) is 17.2. The molecule has 1 heterocycles. The average Bonchev–Trinajstić information content (AvgIpc) is 3.52. The normalized spacial score (nSPS) is 22.7. The molecule has 0 radical (unpaired) electrons. The van der Waals surface area contributed by atoms with Gasteiger partial charge in [-0.05, 0) is 60.6 Å². The lowest BCUT2D eigenvalue weighted by Crippen LogP contribution is -2.44. The summed E-state index contributed by atoms with van der Waals surface area (Å²) in [6.07, 6.45) is -1.83. The summed E-state index contributed by atoms with van der Waals surface area (Å²) in [6, 6.07) is 13.2. The van der Waals surface area contributed by atoms with Gasteiger partial charge < -0.3 is 5.32 Å². The largest absolute Gasteiger partial charge is 0.416 e. The first kappa shape index (κ1) is 21.2. The number of benzene rings is 2. The summed E-state index contributed by atoms with van der Waals surface area (Å²) in [4.78, 5) is 14.9. The molecule has 1 saturated carbocycles. The molecule has 2 aliphatic rings. The van der Waals surface area contributed by atoms with E-state index in [0.717, 1.165) is 55.2 Å². The van der Waals surface area contributed by atoms with E-state index in [-0.39, 0.29) is 23.8 Å². The van der Waals surface area contributed by atoms with Crippen molar-refractivity contribution in [3.8, 4) is 0 Å². The molecule has 1 saturated heterocycles. The SMILES string of the molecule is O=C(NC1CCN(Cc2ccc(Cl)cc2)CC1)C1CC1c1ccc(C(F)(F)F)cc1. The zero-order chi connectivity index (χ0) is 21.3. The van der Waals surface area contributed by atoms with Crippen molar-refractivity contribution >= 4 is 17.5 Å². The van der Waals surface area contributed by atoms with E-state index >= 15 is 0 Å². The summed E-state index contributed by atoms with van der Waals surface area (Å²) in [7, 11) is 0. The van der Waals surface area contributed by atoms with Gasteiger partial charge in [0.15, 0.2) is 0 Å². The Morgan fingerprint density at radius 2 is 1.67 bits per heavy atom. The van der Waals surface area contributed by atoms with Gasteiger partial charge in [-0.3, -0.25) is 9.69 Å². The van der Waals surface area contributed by atoms with Gasteiger partial charge in [0.05, 0.1) is 5.56 Å². The molecule has 7 heteroatoms. The second-order valence-electron chi connectivity index (χ2n) is 8.25. The van der Waals surface area contributed by atoms with E-state index in [4.69, 9.17) is 11.6 Å². The zero-order valence-electron chi connectivity index (χ0n) is 16.5. The van der Waals surface area contributed by atoms with Crippen molar-refractivity contribution in [1.82, 2.24) is 10.2 Å². The molecule has 0 bridgehead atoms. The van der Waals surface area contributed by atoms with Crippen LogP contribution in [0.4, 0.5) is 13.2 Å². The number of carbonyl (C=O) groups is 1. The molecule has 2 fully saturated rings. The molecule has 0 spiro atoms. The first-order chi connectivity index (χ1) is 14.3. The molecule has 2 unspecified atom stereocenters. The molecule has 1 aliphatic heterocycles. The van der Waals surface area contributed by atoms with Crippen molar-refractivity contribution in [2.45, 2.75) is 43.9 Å². The van der Waals surface area contributed by atoms with Crippen molar-refractivity contribution in [3.05, 3.63) is 70.2 Å². The van der Waals surface area contributed by atoms with Crippen LogP contribution in [-0.2, 0) is 17.5 Å². The Kier molecular flexibility index (Phi) is 6.07. The van der Waals surface area contributed by atoms with Crippen molar-refractivity contribution in [2.75, 3.05) is 13.1 Å². The third-order valence-corrected chi connectivity index (χ3v) is 6.30. The van der Waals surface area contributed by atoms with E-state index < -0.39 is 11.7 Å². The second-order valence-corrected chi connectivity index (χ2v) is 8.69. The Labute approximate surface area is 179 Å². The molecule has 160 valence electrons. The number of alkyl halides is 3.